The monoisotopic (exact) mass is 287 g/mol. The Morgan fingerprint density at radius 3 is 2.43 bits per heavy atom. The van der Waals surface area contributed by atoms with Gasteiger partial charge in [0, 0.05) is 12.6 Å². The number of halogens is 1. The number of hydrogen-bond donors (Lipinski definition) is 1. The van der Waals surface area contributed by atoms with E-state index in [9.17, 15) is 4.39 Å². The molecule has 3 heteroatoms. The molecule has 21 heavy (non-hydrogen) atoms. The van der Waals surface area contributed by atoms with Crippen LogP contribution >= 0.6 is 0 Å². The predicted octanol–water partition coefficient (Wildman–Crippen LogP) is 4.73. The highest BCUT2D eigenvalue weighted by Gasteiger charge is 2.07. The first kappa shape index (κ1) is 15.5. The van der Waals surface area contributed by atoms with E-state index in [1.807, 2.05) is 26.0 Å². The summed E-state index contributed by atoms with van der Waals surface area (Å²) in [6.45, 7) is 8.89. The van der Waals surface area contributed by atoms with Crippen molar-refractivity contribution in [1.29, 1.82) is 0 Å². The van der Waals surface area contributed by atoms with Gasteiger partial charge in [-0.3, -0.25) is 0 Å². The summed E-state index contributed by atoms with van der Waals surface area (Å²) in [6.07, 6.45) is 0. The normalized spacial score (nSPS) is 11.0. The van der Waals surface area contributed by atoms with Crippen molar-refractivity contribution in [2.24, 2.45) is 0 Å². The van der Waals surface area contributed by atoms with Crippen LogP contribution in [0.15, 0.2) is 36.4 Å². The molecule has 0 amide bonds. The van der Waals surface area contributed by atoms with Gasteiger partial charge in [-0.1, -0.05) is 26.0 Å². The molecule has 0 heterocycles. The molecular weight excluding hydrogens is 265 g/mol. The van der Waals surface area contributed by atoms with Crippen molar-refractivity contribution in [2.45, 2.75) is 40.3 Å². The van der Waals surface area contributed by atoms with Crippen molar-refractivity contribution in [3.63, 3.8) is 0 Å². The second-order valence-electron chi connectivity index (χ2n) is 5.65. The second kappa shape index (κ2) is 6.72. The Kier molecular flexibility index (Phi) is 4.97. The van der Waals surface area contributed by atoms with Crippen LogP contribution in [0.4, 0.5) is 4.39 Å². The Morgan fingerprint density at radius 2 is 1.76 bits per heavy atom. The van der Waals surface area contributed by atoms with Crippen LogP contribution in [-0.2, 0) is 6.54 Å². The summed E-state index contributed by atoms with van der Waals surface area (Å²) >= 11 is 0. The van der Waals surface area contributed by atoms with E-state index in [2.05, 4.69) is 25.2 Å². The number of nitrogens with one attached hydrogen (secondary N) is 1. The third-order valence-electron chi connectivity index (χ3n) is 3.32. The van der Waals surface area contributed by atoms with Crippen molar-refractivity contribution >= 4 is 0 Å². The highest BCUT2D eigenvalue weighted by Crippen LogP contribution is 2.29. The Morgan fingerprint density at radius 1 is 1.00 bits per heavy atom. The Bertz CT molecular complexity index is 623. The fourth-order valence-corrected chi connectivity index (χ4v) is 2.03. The van der Waals surface area contributed by atoms with Crippen molar-refractivity contribution in [3.8, 4) is 11.5 Å². The van der Waals surface area contributed by atoms with Gasteiger partial charge < -0.3 is 10.1 Å². The van der Waals surface area contributed by atoms with E-state index < -0.39 is 0 Å². The SMILES string of the molecule is Cc1cc(F)ccc1Oc1cc(CNC(C)C)ccc1C. The van der Waals surface area contributed by atoms with Crippen LogP contribution in [-0.4, -0.2) is 6.04 Å². The number of ether oxygens (including phenoxy) is 1. The molecular formula is C18H22FNO. The highest BCUT2D eigenvalue weighted by atomic mass is 19.1. The lowest BCUT2D eigenvalue weighted by atomic mass is 10.1. The molecule has 0 unspecified atom stereocenters. The minimum Gasteiger partial charge on any atom is -0.457 e. The van der Waals surface area contributed by atoms with E-state index in [1.165, 1.54) is 17.7 Å². The molecule has 0 radical (unpaired) electrons. The number of benzene rings is 2. The van der Waals surface area contributed by atoms with Crippen LogP contribution in [0.5, 0.6) is 11.5 Å². The van der Waals surface area contributed by atoms with Gasteiger partial charge >= 0.3 is 0 Å². The van der Waals surface area contributed by atoms with Gasteiger partial charge in [-0.15, -0.1) is 0 Å². The lowest BCUT2D eigenvalue weighted by Crippen LogP contribution is -2.21. The first-order valence-electron chi connectivity index (χ1n) is 7.22. The zero-order chi connectivity index (χ0) is 15.4. The Hall–Kier alpha value is -1.87. The van der Waals surface area contributed by atoms with Crippen LogP contribution < -0.4 is 10.1 Å². The quantitative estimate of drug-likeness (QED) is 0.858. The van der Waals surface area contributed by atoms with Crippen molar-refractivity contribution in [3.05, 3.63) is 58.9 Å². The molecule has 0 aliphatic carbocycles. The molecule has 0 saturated heterocycles. The summed E-state index contributed by atoms with van der Waals surface area (Å²) in [5.41, 5.74) is 3.02. The molecule has 0 atom stereocenters. The average Bonchev–Trinajstić information content (AvgIpc) is 2.42. The first-order chi connectivity index (χ1) is 9.95. The highest BCUT2D eigenvalue weighted by molar-refractivity contribution is 5.42. The summed E-state index contributed by atoms with van der Waals surface area (Å²) in [5.74, 6) is 1.26. The van der Waals surface area contributed by atoms with Crippen LogP contribution in [0.2, 0.25) is 0 Å². The third-order valence-corrected chi connectivity index (χ3v) is 3.32. The van der Waals surface area contributed by atoms with Gasteiger partial charge in [0.1, 0.15) is 17.3 Å². The van der Waals surface area contributed by atoms with Crippen LogP contribution in [0, 0.1) is 19.7 Å². The van der Waals surface area contributed by atoms with Gasteiger partial charge in [0.2, 0.25) is 0 Å². The van der Waals surface area contributed by atoms with E-state index >= 15 is 0 Å². The minimum absolute atomic E-state index is 0.244. The van der Waals surface area contributed by atoms with Gasteiger partial charge in [0.25, 0.3) is 0 Å². The number of hydrogen-bond acceptors (Lipinski definition) is 2. The Balaban J connectivity index is 2.20. The van der Waals surface area contributed by atoms with E-state index in [0.29, 0.717) is 11.8 Å². The van der Waals surface area contributed by atoms with E-state index in [4.69, 9.17) is 4.74 Å². The summed E-state index contributed by atoms with van der Waals surface area (Å²) in [5, 5.41) is 3.39. The van der Waals surface area contributed by atoms with Gasteiger partial charge in [0.15, 0.2) is 0 Å². The topological polar surface area (TPSA) is 21.3 Å². The van der Waals surface area contributed by atoms with Crippen molar-refractivity contribution in [1.82, 2.24) is 5.32 Å². The van der Waals surface area contributed by atoms with E-state index in [-0.39, 0.29) is 5.82 Å². The molecule has 0 saturated carbocycles. The molecule has 0 aliphatic heterocycles. The molecule has 0 aromatic heterocycles. The largest absolute Gasteiger partial charge is 0.457 e. The smallest absolute Gasteiger partial charge is 0.130 e. The fourth-order valence-electron chi connectivity index (χ4n) is 2.03. The zero-order valence-corrected chi connectivity index (χ0v) is 13.0. The standard InChI is InChI=1S/C18H22FNO/c1-12(2)20-11-15-6-5-13(3)18(10-15)21-17-8-7-16(19)9-14(17)4/h5-10,12,20H,11H2,1-4H3. The van der Waals surface area contributed by atoms with Crippen molar-refractivity contribution in [2.75, 3.05) is 0 Å². The summed E-state index contributed by atoms with van der Waals surface area (Å²) in [7, 11) is 0. The number of rotatable bonds is 5. The number of aryl methyl sites for hydroxylation is 2. The van der Waals surface area contributed by atoms with Crippen molar-refractivity contribution < 1.29 is 9.13 Å². The maximum absolute atomic E-state index is 13.1. The van der Waals surface area contributed by atoms with Gasteiger partial charge in [-0.05, 0) is 54.8 Å². The summed E-state index contributed by atoms with van der Waals surface area (Å²) in [4.78, 5) is 0. The molecule has 2 aromatic rings. The predicted molar refractivity (Wildman–Crippen MR) is 84.4 cm³/mol. The maximum Gasteiger partial charge on any atom is 0.130 e. The first-order valence-corrected chi connectivity index (χ1v) is 7.22. The molecule has 2 rings (SSSR count). The Labute approximate surface area is 126 Å². The van der Waals surface area contributed by atoms with Crippen LogP contribution in [0.1, 0.15) is 30.5 Å². The lowest BCUT2D eigenvalue weighted by Gasteiger charge is -2.14. The second-order valence-corrected chi connectivity index (χ2v) is 5.65. The minimum atomic E-state index is -0.244. The lowest BCUT2D eigenvalue weighted by molar-refractivity contribution is 0.471. The molecule has 112 valence electrons. The molecule has 0 fully saturated rings. The third kappa shape index (κ3) is 4.30. The summed E-state index contributed by atoms with van der Waals surface area (Å²) in [6, 6.07) is 11.2. The molecule has 0 aliphatic rings. The van der Waals surface area contributed by atoms with Gasteiger partial charge in [-0.2, -0.15) is 0 Å². The van der Waals surface area contributed by atoms with E-state index in [1.54, 1.807) is 6.07 Å². The molecule has 0 spiro atoms. The molecule has 1 N–H and O–H groups in total. The van der Waals surface area contributed by atoms with Crippen LogP contribution in [0.25, 0.3) is 0 Å². The molecule has 2 nitrogen and oxygen atoms in total. The fraction of sp³-hybridized carbons (Fsp3) is 0.333. The molecule has 0 bridgehead atoms. The average molecular weight is 287 g/mol. The molecule has 2 aromatic carbocycles. The maximum atomic E-state index is 13.1. The zero-order valence-electron chi connectivity index (χ0n) is 13.0. The van der Waals surface area contributed by atoms with Gasteiger partial charge in [0.05, 0.1) is 0 Å². The van der Waals surface area contributed by atoms with Gasteiger partial charge in [-0.25, -0.2) is 4.39 Å². The summed E-state index contributed by atoms with van der Waals surface area (Å²) < 4.78 is 19.1. The van der Waals surface area contributed by atoms with E-state index in [0.717, 1.165) is 23.4 Å². The van der Waals surface area contributed by atoms with Crippen LogP contribution in [0.3, 0.4) is 0 Å².